The first-order valence-corrected chi connectivity index (χ1v) is 7.87. The molecule has 0 spiro atoms. The number of rotatable bonds is 3. The number of hydrogen-bond acceptors (Lipinski definition) is 3. The molecule has 6 heteroatoms. The highest BCUT2D eigenvalue weighted by Crippen LogP contribution is 2.27. The maximum atomic E-state index is 12.5. The van der Waals surface area contributed by atoms with Gasteiger partial charge in [-0.25, -0.2) is 8.42 Å². The van der Waals surface area contributed by atoms with Gasteiger partial charge in [0.25, 0.3) is 0 Å². The maximum absolute atomic E-state index is 12.5. The minimum absolute atomic E-state index is 0.127. The van der Waals surface area contributed by atoms with Crippen LogP contribution in [0.4, 0.5) is 0 Å². The highest BCUT2D eigenvalue weighted by molar-refractivity contribution is 7.89. The van der Waals surface area contributed by atoms with E-state index in [4.69, 9.17) is 17.3 Å². The summed E-state index contributed by atoms with van der Waals surface area (Å²) in [6, 6.07) is 4.90. The SMILES string of the molecule is NCc1c(Cl)cccc1S(=O)(=O)N1CCCCC1. The fourth-order valence-electron chi connectivity index (χ4n) is 2.22. The second-order valence-electron chi connectivity index (χ2n) is 4.39. The molecule has 1 heterocycles. The van der Waals surface area contributed by atoms with E-state index in [1.165, 1.54) is 4.31 Å². The molecule has 1 aliphatic heterocycles. The number of sulfonamides is 1. The van der Waals surface area contributed by atoms with Gasteiger partial charge >= 0.3 is 0 Å². The number of benzene rings is 1. The molecule has 0 atom stereocenters. The zero-order chi connectivity index (χ0) is 13.2. The van der Waals surface area contributed by atoms with Gasteiger partial charge in [-0.2, -0.15) is 4.31 Å². The summed E-state index contributed by atoms with van der Waals surface area (Å²) >= 11 is 6.01. The molecule has 18 heavy (non-hydrogen) atoms. The summed E-state index contributed by atoms with van der Waals surface area (Å²) in [7, 11) is -3.46. The van der Waals surface area contributed by atoms with E-state index in [1.54, 1.807) is 18.2 Å². The third kappa shape index (κ3) is 2.54. The monoisotopic (exact) mass is 288 g/mol. The molecule has 1 saturated heterocycles. The molecule has 4 nitrogen and oxygen atoms in total. The van der Waals surface area contributed by atoms with Gasteiger partial charge in [0, 0.05) is 30.2 Å². The van der Waals surface area contributed by atoms with Crippen molar-refractivity contribution < 1.29 is 8.42 Å². The second kappa shape index (κ2) is 5.57. The van der Waals surface area contributed by atoms with Gasteiger partial charge in [-0.15, -0.1) is 0 Å². The predicted molar refractivity (Wildman–Crippen MR) is 72.0 cm³/mol. The van der Waals surface area contributed by atoms with Crippen LogP contribution in [-0.2, 0) is 16.6 Å². The standard InChI is InChI=1S/C12H17ClN2O2S/c13-11-5-4-6-12(10(11)9-14)18(16,17)15-7-2-1-3-8-15/h4-6H,1-3,7-9,14H2. The summed E-state index contributed by atoms with van der Waals surface area (Å²) in [4.78, 5) is 0.249. The van der Waals surface area contributed by atoms with E-state index in [-0.39, 0.29) is 11.4 Å². The summed E-state index contributed by atoms with van der Waals surface area (Å²) in [5.74, 6) is 0. The van der Waals surface area contributed by atoms with Gasteiger partial charge in [0.05, 0.1) is 4.90 Å². The van der Waals surface area contributed by atoms with Crippen LogP contribution in [0.1, 0.15) is 24.8 Å². The predicted octanol–water partition coefficient (Wildman–Crippen LogP) is 1.97. The van der Waals surface area contributed by atoms with Gasteiger partial charge in [-0.3, -0.25) is 0 Å². The Bertz CT molecular complexity index is 525. The number of nitrogens with zero attached hydrogens (tertiary/aromatic N) is 1. The van der Waals surface area contributed by atoms with Crippen LogP contribution >= 0.6 is 11.6 Å². The van der Waals surface area contributed by atoms with E-state index < -0.39 is 10.0 Å². The van der Waals surface area contributed by atoms with E-state index in [0.29, 0.717) is 23.7 Å². The first-order chi connectivity index (χ1) is 8.57. The van der Waals surface area contributed by atoms with E-state index >= 15 is 0 Å². The molecule has 0 radical (unpaired) electrons. The molecule has 0 amide bonds. The van der Waals surface area contributed by atoms with Crippen molar-refractivity contribution in [2.24, 2.45) is 5.73 Å². The molecule has 0 unspecified atom stereocenters. The van der Waals surface area contributed by atoms with Crippen molar-refractivity contribution in [1.82, 2.24) is 4.31 Å². The first-order valence-electron chi connectivity index (χ1n) is 6.05. The molecule has 0 aliphatic carbocycles. The lowest BCUT2D eigenvalue weighted by Gasteiger charge is -2.26. The average molecular weight is 289 g/mol. The molecule has 0 bridgehead atoms. The molecular weight excluding hydrogens is 272 g/mol. The van der Waals surface area contributed by atoms with Crippen LogP contribution in [0.15, 0.2) is 23.1 Å². The Morgan fingerprint density at radius 2 is 1.89 bits per heavy atom. The Balaban J connectivity index is 2.43. The molecule has 0 saturated carbocycles. The smallest absolute Gasteiger partial charge is 0.243 e. The summed E-state index contributed by atoms with van der Waals surface area (Å²) in [5, 5.41) is 0.413. The summed E-state index contributed by atoms with van der Waals surface area (Å²) < 4.78 is 26.6. The van der Waals surface area contributed by atoms with Crippen LogP contribution in [0, 0.1) is 0 Å². The first kappa shape index (κ1) is 13.8. The third-order valence-electron chi connectivity index (χ3n) is 3.21. The summed E-state index contributed by atoms with van der Waals surface area (Å²) in [5.41, 5.74) is 6.11. The largest absolute Gasteiger partial charge is 0.326 e. The van der Waals surface area contributed by atoms with E-state index in [0.717, 1.165) is 19.3 Å². The van der Waals surface area contributed by atoms with Crippen LogP contribution in [0.3, 0.4) is 0 Å². The number of hydrogen-bond donors (Lipinski definition) is 1. The highest BCUT2D eigenvalue weighted by Gasteiger charge is 2.28. The van der Waals surface area contributed by atoms with Crippen LogP contribution in [0.2, 0.25) is 5.02 Å². The second-order valence-corrected chi connectivity index (χ2v) is 6.70. The van der Waals surface area contributed by atoms with Crippen LogP contribution in [0.25, 0.3) is 0 Å². The Morgan fingerprint density at radius 3 is 2.50 bits per heavy atom. The van der Waals surface area contributed by atoms with Crippen LogP contribution < -0.4 is 5.73 Å². The van der Waals surface area contributed by atoms with Gasteiger partial charge in [0.15, 0.2) is 0 Å². The zero-order valence-corrected chi connectivity index (χ0v) is 11.7. The zero-order valence-electron chi connectivity index (χ0n) is 10.1. The molecule has 1 fully saturated rings. The van der Waals surface area contributed by atoms with Gasteiger partial charge in [-0.1, -0.05) is 24.1 Å². The normalized spacial score (nSPS) is 17.9. The quantitative estimate of drug-likeness (QED) is 0.925. The van der Waals surface area contributed by atoms with Gasteiger partial charge in [0.2, 0.25) is 10.0 Å². The summed E-state index contributed by atoms with van der Waals surface area (Å²) in [6.45, 7) is 1.29. The van der Waals surface area contributed by atoms with Crippen molar-refractivity contribution in [2.75, 3.05) is 13.1 Å². The van der Waals surface area contributed by atoms with Gasteiger partial charge in [0.1, 0.15) is 0 Å². The highest BCUT2D eigenvalue weighted by atomic mass is 35.5. The lowest BCUT2D eigenvalue weighted by atomic mass is 10.2. The molecule has 0 aromatic heterocycles. The maximum Gasteiger partial charge on any atom is 0.243 e. The van der Waals surface area contributed by atoms with Crippen LogP contribution in [-0.4, -0.2) is 25.8 Å². The Morgan fingerprint density at radius 1 is 1.22 bits per heavy atom. The Kier molecular flexibility index (Phi) is 4.27. The minimum Gasteiger partial charge on any atom is -0.326 e. The van der Waals surface area contributed by atoms with Crippen molar-refractivity contribution in [3.63, 3.8) is 0 Å². The topological polar surface area (TPSA) is 63.4 Å². The molecule has 2 rings (SSSR count). The lowest BCUT2D eigenvalue weighted by Crippen LogP contribution is -2.36. The molecule has 1 aliphatic rings. The molecule has 100 valence electrons. The van der Waals surface area contributed by atoms with Crippen molar-refractivity contribution in [1.29, 1.82) is 0 Å². The van der Waals surface area contributed by atoms with Gasteiger partial charge in [-0.05, 0) is 25.0 Å². The van der Waals surface area contributed by atoms with E-state index in [1.807, 2.05) is 0 Å². The third-order valence-corrected chi connectivity index (χ3v) is 5.55. The van der Waals surface area contributed by atoms with E-state index in [2.05, 4.69) is 0 Å². The van der Waals surface area contributed by atoms with Crippen molar-refractivity contribution in [3.8, 4) is 0 Å². The van der Waals surface area contributed by atoms with Crippen LogP contribution in [0.5, 0.6) is 0 Å². The molecular formula is C12H17ClN2O2S. The van der Waals surface area contributed by atoms with Crippen molar-refractivity contribution >= 4 is 21.6 Å². The van der Waals surface area contributed by atoms with E-state index in [9.17, 15) is 8.42 Å². The van der Waals surface area contributed by atoms with Gasteiger partial charge < -0.3 is 5.73 Å². The van der Waals surface area contributed by atoms with Crippen molar-refractivity contribution in [3.05, 3.63) is 28.8 Å². The average Bonchev–Trinajstić information content (AvgIpc) is 2.39. The number of halogens is 1. The Hall–Kier alpha value is -0.620. The minimum atomic E-state index is -3.46. The molecule has 1 aromatic rings. The molecule has 1 aromatic carbocycles. The Labute approximate surface area is 113 Å². The number of piperidine rings is 1. The van der Waals surface area contributed by atoms with Crippen molar-refractivity contribution in [2.45, 2.75) is 30.7 Å². The fourth-order valence-corrected chi connectivity index (χ4v) is 4.30. The summed E-state index contributed by atoms with van der Waals surface area (Å²) in [6.07, 6.45) is 2.92. The molecule has 2 N–H and O–H groups in total. The fraction of sp³-hybridized carbons (Fsp3) is 0.500. The lowest BCUT2D eigenvalue weighted by molar-refractivity contribution is 0.346. The number of nitrogens with two attached hydrogens (primary N) is 1.